The fourth-order valence-corrected chi connectivity index (χ4v) is 2.40. The van der Waals surface area contributed by atoms with E-state index in [1.807, 2.05) is 12.1 Å². The van der Waals surface area contributed by atoms with Crippen molar-refractivity contribution in [3.05, 3.63) is 44.6 Å². The fourth-order valence-electron chi connectivity index (χ4n) is 1.72. The SMILES string of the molecule is CCc1[nH]c(-c2ccccc2C)nc(=S)c1Br. The van der Waals surface area contributed by atoms with Gasteiger partial charge in [-0.1, -0.05) is 43.4 Å². The summed E-state index contributed by atoms with van der Waals surface area (Å²) < 4.78 is 1.51. The molecule has 0 saturated heterocycles. The van der Waals surface area contributed by atoms with Gasteiger partial charge in [-0.15, -0.1) is 0 Å². The zero-order valence-electron chi connectivity index (χ0n) is 9.75. The lowest BCUT2D eigenvalue weighted by molar-refractivity contribution is 0.982. The molecule has 1 heterocycles. The largest absolute Gasteiger partial charge is 0.342 e. The molecule has 0 amide bonds. The zero-order valence-corrected chi connectivity index (χ0v) is 12.2. The second-order valence-electron chi connectivity index (χ2n) is 3.85. The zero-order chi connectivity index (χ0) is 12.4. The van der Waals surface area contributed by atoms with E-state index in [1.54, 1.807) is 0 Å². The second kappa shape index (κ2) is 5.10. The lowest BCUT2D eigenvalue weighted by Crippen LogP contribution is -1.98. The van der Waals surface area contributed by atoms with E-state index in [1.165, 1.54) is 5.56 Å². The number of halogens is 1. The minimum Gasteiger partial charge on any atom is -0.342 e. The number of hydrogen-bond donors (Lipinski definition) is 1. The van der Waals surface area contributed by atoms with Crippen LogP contribution in [0.15, 0.2) is 28.7 Å². The molecule has 1 aromatic heterocycles. The molecule has 0 aliphatic carbocycles. The highest BCUT2D eigenvalue weighted by Crippen LogP contribution is 2.23. The Morgan fingerprint density at radius 2 is 2.06 bits per heavy atom. The number of benzene rings is 1. The molecule has 1 aromatic carbocycles. The Balaban J connectivity index is 2.66. The first-order valence-electron chi connectivity index (χ1n) is 5.48. The topological polar surface area (TPSA) is 28.7 Å². The van der Waals surface area contributed by atoms with Crippen molar-refractivity contribution < 1.29 is 0 Å². The van der Waals surface area contributed by atoms with Gasteiger partial charge in [0.25, 0.3) is 0 Å². The predicted molar refractivity (Wildman–Crippen MR) is 76.7 cm³/mol. The third-order valence-corrected chi connectivity index (χ3v) is 4.10. The van der Waals surface area contributed by atoms with Crippen molar-refractivity contribution in [2.45, 2.75) is 20.3 Å². The molecule has 1 N–H and O–H groups in total. The summed E-state index contributed by atoms with van der Waals surface area (Å²) >= 11 is 8.73. The molecule has 0 bridgehead atoms. The number of nitrogens with one attached hydrogen (secondary N) is 1. The predicted octanol–water partition coefficient (Wildman–Crippen LogP) is 4.44. The molecule has 0 aliphatic rings. The summed E-state index contributed by atoms with van der Waals surface area (Å²) in [5.41, 5.74) is 3.37. The highest BCUT2D eigenvalue weighted by atomic mass is 79.9. The quantitative estimate of drug-likeness (QED) is 0.831. The molecule has 0 aliphatic heterocycles. The monoisotopic (exact) mass is 308 g/mol. The van der Waals surface area contributed by atoms with Crippen molar-refractivity contribution in [3.63, 3.8) is 0 Å². The van der Waals surface area contributed by atoms with Crippen LogP contribution in [0.4, 0.5) is 0 Å². The van der Waals surface area contributed by atoms with Gasteiger partial charge >= 0.3 is 0 Å². The molecule has 17 heavy (non-hydrogen) atoms. The van der Waals surface area contributed by atoms with Crippen LogP contribution in [0.25, 0.3) is 11.4 Å². The van der Waals surface area contributed by atoms with Crippen molar-refractivity contribution in [1.29, 1.82) is 0 Å². The van der Waals surface area contributed by atoms with Crippen molar-refractivity contribution >= 4 is 28.1 Å². The van der Waals surface area contributed by atoms with Gasteiger partial charge in [-0.3, -0.25) is 0 Å². The van der Waals surface area contributed by atoms with Gasteiger partial charge in [0.2, 0.25) is 0 Å². The molecule has 2 aromatic rings. The highest BCUT2D eigenvalue weighted by molar-refractivity contribution is 9.10. The minimum atomic E-state index is 0.610. The average Bonchev–Trinajstić information content (AvgIpc) is 2.33. The standard InChI is InChI=1S/C13H13BrN2S/c1-3-10-11(14)13(17)16-12(15-10)9-7-5-4-6-8(9)2/h4-7H,3H2,1-2H3,(H,15,16,17). The maximum Gasteiger partial charge on any atom is 0.144 e. The fraction of sp³-hybridized carbons (Fsp3) is 0.231. The molecule has 0 atom stereocenters. The Bertz CT molecular complexity index is 605. The number of aryl methyl sites for hydroxylation is 2. The summed E-state index contributed by atoms with van der Waals surface area (Å²) in [5, 5.41) is 0. The Hall–Kier alpha value is -1.00. The van der Waals surface area contributed by atoms with Crippen LogP contribution >= 0.6 is 28.1 Å². The molecule has 0 saturated carbocycles. The van der Waals surface area contributed by atoms with Gasteiger partial charge in [0.05, 0.1) is 4.47 Å². The lowest BCUT2D eigenvalue weighted by Gasteiger charge is -2.08. The maximum atomic E-state index is 5.26. The number of aromatic amines is 1. The van der Waals surface area contributed by atoms with E-state index >= 15 is 0 Å². The second-order valence-corrected chi connectivity index (χ2v) is 5.03. The van der Waals surface area contributed by atoms with Crippen LogP contribution in [0.3, 0.4) is 0 Å². The molecule has 2 rings (SSSR count). The molecule has 0 unspecified atom stereocenters. The third kappa shape index (κ3) is 2.48. The molecule has 4 heteroatoms. The normalized spacial score (nSPS) is 10.5. The highest BCUT2D eigenvalue weighted by Gasteiger charge is 2.08. The van der Waals surface area contributed by atoms with Crippen LogP contribution in [0, 0.1) is 11.6 Å². The summed E-state index contributed by atoms with van der Waals surface area (Å²) in [6, 6.07) is 8.15. The van der Waals surface area contributed by atoms with Gasteiger partial charge in [-0.2, -0.15) is 0 Å². The van der Waals surface area contributed by atoms with Gasteiger partial charge in [-0.25, -0.2) is 4.98 Å². The number of hydrogen-bond acceptors (Lipinski definition) is 2. The van der Waals surface area contributed by atoms with Crippen molar-refractivity contribution in [2.24, 2.45) is 0 Å². The van der Waals surface area contributed by atoms with Crippen LogP contribution in [-0.4, -0.2) is 9.97 Å². The van der Waals surface area contributed by atoms with E-state index < -0.39 is 0 Å². The molecule has 88 valence electrons. The first-order valence-corrected chi connectivity index (χ1v) is 6.68. The Morgan fingerprint density at radius 1 is 1.35 bits per heavy atom. The molecule has 0 radical (unpaired) electrons. The number of H-pyrrole nitrogens is 1. The summed E-state index contributed by atoms with van der Waals surface area (Å²) in [4.78, 5) is 7.76. The number of rotatable bonds is 2. The maximum absolute atomic E-state index is 5.26. The number of nitrogens with zero attached hydrogens (tertiary/aromatic N) is 1. The molecular formula is C13H13BrN2S. The van der Waals surface area contributed by atoms with Gasteiger partial charge in [0, 0.05) is 11.3 Å². The molecule has 0 spiro atoms. The first-order chi connectivity index (χ1) is 8.13. The van der Waals surface area contributed by atoms with Crippen LogP contribution in [-0.2, 0) is 6.42 Å². The van der Waals surface area contributed by atoms with E-state index in [0.717, 1.165) is 28.0 Å². The van der Waals surface area contributed by atoms with E-state index in [9.17, 15) is 0 Å². The first kappa shape index (κ1) is 12.5. The van der Waals surface area contributed by atoms with Crippen LogP contribution in [0.2, 0.25) is 0 Å². The van der Waals surface area contributed by atoms with Crippen LogP contribution < -0.4 is 0 Å². The molecule has 0 fully saturated rings. The van der Waals surface area contributed by atoms with Crippen molar-refractivity contribution in [1.82, 2.24) is 9.97 Å². The van der Waals surface area contributed by atoms with Crippen LogP contribution in [0.5, 0.6) is 0 Å². The van der Waals surface area contributed by atoms with E-state index in [4.69, 9.17) is 12.2 Å². The summed E-state index contributed by atoms with van der Waals surface area (Å²) in [5.74, 6) is 0.841. The average molecular weight is 309 g/mol. The number of aromatic nitrogens is 2. The minimum absolute atomic E-state index is 0.610. The van der Waals surface area contributed by atoms with E-state index in [2.05, 4.69) is 51.9 Å². The van der Waals surface area contributed by atoms with Crippen molar-refractivity contribution in [3.8, 4) is 11.4 Å². The van der Waals surface area contributed by atoms with Gasteiger partial charge in [-0.05, 0) is 34.8 Å². The van der Waals surface area contributed by atoms with Crippen molar-refractivity contribution in [2.75, 3.05) is 0 Å². The Labute approximate surface area is 114 Å². The summed E-state index contributed by atoms with van der Waals surface area (Å²) in [6.07, 6.45) is 0.894. The van der Waals surface area contributed by atoms with Gasteiger partial charge in [0.1, 0.15) is 10.5 Å². The summed E-state index contributed by atoms with van der Waals surface area (Å²) in [7, 11) is 0. The smallest absolute Gasteiger partial charge is 0.144 e. The van der Waals surface area contributed by atoms with E-state index in [-0.39, 0.29) is 0 Å². The lowest BCUT2D eigenvalue weighted by atomic mass is 10.1. The van der Waals surface area contributed by atoms with Crippen LogP contribution in [0.1, 0.15) is 18.2 Å². The third-order valence-electron chi connectivity index (χ3n) is 2.69. The molecular weight excluding hydrogens is 296 g/mol. The Kier molecular flexibility index (Phi) is 3.74. The van der Waals surface area contributed by atoms with Gasteiger partial charge in [0.15, 0.2) is 0 Å². The van der Waals surface area contributed by atoms with Gasteiger partial charge < -0.3 is 4.98 Å². The molecule has 2 nitrogen and oxygen atoms in total. The van der Waals surface area contributed by atoms with E-state index in [0.29, 0.717) is 4.64 Å². The Morgan fingerprint density at radius 3 is 2.71 bits per heavy atom. The summed E-state index contributed by atoms with van der Waals surface area (Å²) in [6.45, 7) is 4.16.